The van der Waals surface area contributed by atoms with Gasteiger partial charge >= 0.3 is 5.63 Å². The van der Waals surface area contributed by atoms with Crippen LogP contribution in [0.5, 0.6) is 5.75 Å². The summed E-state index contributed by atoms with van der Waals surface area (Å²) in [6.07, 6.45) is 1.75. The molecular weight excluding hydrogens is 376 g/mol. The minimum Gasteiger partial charge on any atom is -0.487 e. The van der Waals surface area contributed by atoms with Crippen molar-refractivity contribution in [2.24, 2.45) is 0 Å². The fourth-order valence-corrected chi connectivity index (χ4v) is 2.96. The van der Waals surface area contributed by atoms with Gasteiger partial charge in [-0.05, 0) is 30.2 Å². The van der Waals surface area contributed by atoms with Crippen LogP contribution in [0.3, 0.4) is 0 Å². The molecule has 0 saturated heterocycles. The number of nitrogens with zero attached hydrogens (tertiary/aromatic N) is 4. The standard InChI is InChI=1S/C20H16N4O5/c1-13-8-17(9-19-18(13)6-7-20(25)29-19)28-12-15-11-23(22-21-15)10-14-2-4-16(5-3-14)24(26)27/h2-9,11H,10,12H2,1H3. The van der Waals surface area contributed by atoms with Gasteiger partial charge < -0.3 is 9.15 Å². The molecule has 4 rings (SSSR count). The molecule has 2 heterocycles. The Balaban J connectivity index is 1.43. The Morgan fingerprint density at radius 2 is 1.97 bits per heavy atom. The number of non-ortho nitro benzene ring substituents is 1. The van der Waals surface area contributed by atoms with Gasteiger partial charge in [0.1, 0.15) is 23.6 Å². The average Bonchev–Trinajstić information content (AvgIpc) is 3.14. The molecule has 9 heteroatoms. The van der Waals surface area contributed by atoms with Crippen LogP contribution >= 0.6 is 0 Å². The minimum atomic E-state index is -0.436. The molecule has 146 valence electrons. The molecule has 0 spiro atoms. The highest BCUT2D eigenvalue weighted by atomic mass is 16.6. The average molecular weight is 392 g/mol. The maximum atomic E-state index is 11.4. The highest BCUT2D eigenvalue weighted by Crippen LogP contribution is 2.24. The second kappa shape index (κ2) is 7.55. The fraction of sp³-hybridized carbons (Fsp3) is 0.150. The molecular formula is C20H16N4O5. The van der Waals surface area contributed by atoms with E-state index in [1.165, 1.54) is 18.2 Å². The van der Waals surface area contributed by atoms with Crippen LogP contribution in [0.4, 0.5) is 5.69 Å². The maximum absolute atomic E-state index is 11.4. The van der Waals surface area contributed by atoms with Gasteiger partial charge in [-0.25, -0.2) is 9.48 Å². The Kier molecular flexibility index (Phi) is 4.78. The first-order chi connectivity index (χ1) is 14.0. The van der Waals surface area contributed by atoms with Crippen molar-refractivity contribution < 1.29 is 14.1 Å². The van der Waals surface area contributed by atoms with Gasteiger partial charge in [-0.3, -0.25) is 10.1 Å². The van der Waals surface area contributed by atoms with Crippen LogP contribution in [-0.4, -0.2) is 19.9 Å². The lowest BCUT2D eigenvalue weighted by atomic mass is 10.1. The van der Waals surface area contributed by atoms with E-state index in [1.807, 2.05) is 13.0 Å². The third-order valence-electron chi connectivity index (χ3n) is 4.38. The topological polar surface area (TPSA) is 113 Å². The maximum Gasteiger partial charge on any atom is 0.336 e. The molecule has 0 radical (unpaired) electrons. The number of aryl methyl sites for hydroxylation is 1. The van der Waals surface area contributed by atoms with Crippen LogP contribution in [0.2, 0.25) is 0 Å². The number of ether oxygens (including phenoxy) is 1. The first kappa shape index (κ1) is 18.4. The molecule has 0 unspecified atom stereocenters. The van der Waals surface area contributed by atoms with Crippen molar-refractivity contribution in [3.05, 3.63) is 92.1 Å². The Bertz CT molecular complexity index is 1240. The van der Waals surface area contributed by atoms with E-state index >= 15 is 0 Å². The van der Waals surface area contributed by atoms with E-state index in [-0.39, 0.29) is 12.3 Å². The van der Waals surface area contributed by atoms with Crippen molar-refractivity contribution in [1.29, 1.82) is 0 Å². The zero-order valence-electron chi connectivity index (χ0n) is 15.4. The molecule has 9 nitrogen and oxygen atoms in total. The number of aromatic nitrogens is 3. The second-order valence-electron chi connectivity index (χ2n) is 6.53. The highest BCUT2D eigenvalue weighted by Gasteiger charge is 2.08. The molecule has 29 heavy (non-hydrogen) atoms. The van der Waals surface area contributed by atoms with Gasteiger partial charge in [0.25, 0.3) is 5.69 Å². The molecule has 0 amide bonds. The Morgan fingerprint density at radius 3 is 2.72 bits per heavy atom. The molecule has 0 saturated carbocycles. The quantitative estimate of drug-likeness (QED) is 0.281. The number of hydrogen-bond donors (Lipinski definition) is 0. The number of benzene rings is 2. The SMILES string of the molecule is Cc1cc(OCc2cn(Cc3ccc([N+](=O)[O-])cc3)nn2)cc2oc(=O)ccc12. The van der Waals surface area contributed by atoms with E-state index in [2.05, 4.69) is 10.3 Å². The van der Waals surface area contributed by atoms with Crippen LogP contribution in [0.15, 0.2) is 63.9 Å². The second-order valence-corrected chi connectivity index (χ2v) is 6.53. The lowest BCUT2D eigenvalue weighted by molar-refractivity contribution is -0.384. The predicted octanol–water partition coefficient (Wildman–Crippen LogP) is 3.23. The summed E-state index contributed by atoms with van der Waals surface area (Å²) in [7, 11) is 0. The Labute approximate surface area is 164 Å². The smallest absolute Gasteiger partial charge is 0.336 e. The molecule has 2 aromatic carbocycles. The molecule has 4 aromatic rings. The zero-order valence-corrected chi connectivity index (χ0v) is 15.4. The first-order valence-corrected chi connectivity index (χ1v) is 8.77. The molecule has 0 N–H and O–H groups in total. The predicted molar refractivity (Wildman–Crippen MR) is 104 cm³/mol. The molecule has 2 aromatic heterocycles. The lowest BCUT2D eigenvalue weighted by Gasteiger charge is -2.07. The third-order valence-corrected chi connectivity index (χ3v) is 4.38. The van der Waals surface area contributed by atoms with E-state index < -0.39 is 10.5 Å². The highest BCUT2D eigenvalue weighted by molar-refractivity contribution is 5.81. The molecule has 0 aliphatic rings. The largest absolute Gasteiger partial charge is 0.487 e. The summed E-state index contributed by atoms with van der Waals surface area (Å²) in [5, 5.41) is 19.7. The van der Waals surface area contributed by atoms with Gasteiger partial charge in [-0.1, -0.05) is 17.3 Å². The number of nitro benzene ring substituents is 1. The van der Waals surface area contributed by atoms with Gasteiger partial charge in [0.2, 0.25) is 0 Å². The first-order valence-electron chi connectivity index (χ1n) is 8.77. The van der Waals surface area contributed by atoms with Gasteiger partial charge in [0.05, 0.1) is 17.7 Å². The van der Waals surface area contributed by atoms with Crippen molar-refractivity contribution in [3.63, 3.8) is 0 Å². The molecule has 0 aliphatic carbocycles. The molecule has 0 atom stereocenters. The number of fused-ring (bicyclic) bond motifs is 1. The van der Waals surface area contributed by atoms with E-state index in [9.17, 15) is 14.9 Å². The summed E-state index contributed by atoms with van der Waals surface area (Å²) in [6.45, 7) is 2.54. The molecule has 0 aliphatic heterocycles. The van der Waals surface area contributed by atoms with Crippen molar-refractivity contribution in [2.45, 2.75) is 20.1 Å². The summed E-state index contributed by atoms with van der Waals surface area (Å²) in [5.41, 5.74) is 2.52. The molecule has 0 bridgehead atoms. The number of rotatable bonds is 6. The Hall–Kier alpha value is -4.01. The van der Waals surface area contributed by atoms with Crippen LogP contribution in [0, 0.1) is 17.0 Å². The summed E-state index contributed by atoms with van der Waals surface area (Å²) >= 11 is 0. The summed E-state index contributed by atoms with van der Waals surface area (Å²) in [4.78, 5) is 21.7. The van der Waals surface area contributed by atoms with E-state index in [4.69, 9.17) is 9.15 Å². The third kappa shape index (κ3) is 4.13. The van der Waals surface area contributed by atoms with Gasteiger partial charge in [-0.15, -0.1) is 5.10 Å². The fourth-order valence-electron chi connectivity index (χ4n) is 2.96. The zero-order chi connectivity index (χ0) is 20.4. The number of hydrogen-bond acceptors (Lipinski definition) is 7. The lowest BCUT2D eigenvalue weighted by Crippen LogP contribution is -2.00. The van der Waals surface area contributed by atoms with Crippen LogP contribution in [0.1, 0.15) is 16.8 Å². The summed E-state index contributed by atoms with van der Waals surface area (Å²) in [5.74, 6) is 0.564. The van der Waals surface area contributed by atoms with Gasteiger partial charge in [0, 0.05) is 29.7 Å². The summed E-state index contributed by atoms with van der Waals surface area (Å²) in [6, 6.07) is 12.9. The van der Waals surface area contributed by atoms with Crippen LogP contribution < -0.4 is 10.4 Å². The monoisotopic (exact) mass is 392 g/mol. The van der Waals surface area contributed by atoms with Crippen molar-refractivity contribution in [2.75, 3.05) is 0 Å². The van der Waals surface area contributed by atoms with E-state index in [0.29, 0.717) is 23.6 Å². The molecule has 0 fully saturated rings. The van der Waals surface area contributed by atoms with Crippen molar-refractivity contribution in [1.82, 2.24) is 15.0 Å². The van der Waals surface area contributed by atoms with Crippen molar-refractivity contribution in [3.8, 4) is 5.75 Å². The van der Waals surface area contributed by atoms with Crippen molar-refractivity contribution >= 4 is 16.7 Å². The van der Waals surface area contributed by atoms with E-state index in [1.54, 1.807) is 35.1 Å². The van der Waals surface area contributed by atoms with Crippen LogP contribution in [0.25, 0.3) is 11.0 Å². The van der Waals surface area contributed by atoms with E-state index in [0.717, 1.165) is 16.5 Å². The Morgan fingerprint density at radius 1 is 1.17 bits per heavy atom. The van der Waals surface area contributed by atoms with Gasteiger partial charge in [-0.2, -0.15) is 0 Å². The number of nitro groups is 1. The minimum absolute atomic E-state index is 0.0444. The van der Waals surface area contributed by atoms with Crippen LogP contribution in [-0.2, 0) is 13.2 Å². The summed E-state index contributed by atoms with van der Waals surface area (Å²) < 4.78 is 12.6. The van der Waals surface area contributed by atoms with Gasteiger partial charge in [0.15, 0.2) is 0 Å². The normalized spacial score (nSPS) is 10.9.